The molecule has 34 heavy (non-hydrogen) atoms. The molecule has 0 N–H and O–H groups in total. The molecule has 0 unspecified atom stereocenters. The SMILES string of the molecule is CC(=O)c1ccc(-n2cnc3cc(CN4CCCCC4=O)ccc32)nc1-n1nc(C#N)cc1C. The first-order chi connectivity index (χ1) is 16.4. The number of hydrogen-bond acceptors (Lipinski definition) is 6. The molecule has 0 aliphatic carbocycles. The molecule has 1 fully saturated rings. The lowest BCUT2D eigenvalue weighted by molar-refractivity contribution is -0.133. The maximum atomic E-state index is 12.3. The lowest BCUT2D eigenvalue weighted by Gasteiger charge is -2.26. The Hall–Kier alpha value is -4.32. The van der Waals surface area contributed by atoms with E-state index in [-0.39, 0.29) is 17.4 Å². The van der Waals surface area contributed by atoms with Crippen LogP contribution in [-0.4, -0.2) is 47.5 Å². The minimum Gasteiger partial charge on any atom is -0.338 e. The fourth-order valence-corrected chi connectivity index (χ4v) is 4.34. The lowest BCUT2D eigenvalue weighted by atomic mass is 10.1. The van der Waals surface area contributed by atoms with E-state index in [2.05, 4.69) is 10.1 Å². The Kier molecular flexibility index (Phi) is 5.42. The van der Waals surface area contributed by atoms with Crippen molar-refractivity contribution in [1.82, 2.24) is 29.2 Å². The Balaban J connectivity index is 1.53. The number of hydrogen-bond donors (Lipinski definition) is 0. The molecular weight excluding hydrogens is 430 g/mol. The van der Waals surface area contributed by atoms with Crippen LogP contribution in [0, 0.1) is 18.3 Å². The number of carbonyl (C=O) groups excluding carboxylic acids is 2. The predicted molar refractivity (Wildman–Crippen MR) is 125 cm³/mol. The molecule has 1 saturated heterocycles. The van der Waals surface area contributed by atoms with Crippen LogP contribution in [0.25, 0.3) is 22.7 Å². The number of ketones is 1. The van der Waals surface area contributed by atoms with Crippen LogP contribution in [0.5, 0.6) is 0 Å². The molecule has 1 amide bonds. The van der Waals surface area contributed by atoms with Gasteiger partial charge in [-0.05, 0) is 62.6 Å². The molecule has 5 rings (SSSR count). The number of aryl methyl sites for hydroxylation is 1. The molecule has 0 spiro atoms. The number of aromatic nitrogens is 5. The molecular formula is C25H23N7O2. The fourth-order valence-electron chi connectivity index (χ4n) is 4.34. The zero-order chi connectivity index (χ0) is 23.8. The standard InChI is InChI=1S/C25H23N7O2/c1-16-11-19(13-26)29-32(16)25-20(17(2)33)7-9-23(28-25)31-15-27-21-12-18(6-8-22(21)31)14-30-10-4-3-5-24(30)34/h6-9,11-12,15H,3-5,10,14H2,1-2H3. The van der Waals surface area contributed by atoms with Gasteiger partial charge < -0.3 is 4.90 Å². The summed E-state index contributed by atoms with van der Waals surface area (Å²) in [5, 5.41) is 13.5. The van der Waals surface area contributed by atoms with Crippen LogP contribution in [0.15, 0.2) is 42.7 Å². The summed E-state index contributed by atoms with van der Waals surface area (Å²) < 4.78 is 3.37. The van der Waals surface area contributed by atoms with Crippen LogP contribution in [-0.2, 0) is 11.3 Å². The average Bonchev–Trinajstić information content (AvgIpc) is 3.43. The van der Waals surface area contributed by atoms with Gasteiger partial charge in [-0.1, -0.05) is 6.07 Å². The number of imidazole rings is 1. The molecule has 3 aromatic heterocycles. The van der Waals surface area contributed by atoms with E-state index in [1.165, 1.54) is 11.6 Å². The zero-order valence-electron chi connectivity index (χ0n) is 19.0. The predicted octanol–water partition coefficient (Wildman–Crippen LogP) is 3.50. The molecule has 9 nitrogen and oxygen atoms in total. The number of piperidine rings is 1. The number of likely N-dealkylation sites (tertiary alicyclic amines) is 1. The summed E-state index contributed by atoms with van der Waals surface area (Å²) in [6.45, 7) is 4.66. The number of nitriles is 1. The van der Waals surface area contributed by atoms with Gasteiger partial charge in [0.1, 0.15) is 18.2 Å². The van der Waals surface area contributed by atoms with Crippen molar-refractivity contribution in [1.29, 1.82) is 5.26 Å². The van der Waals surface area contributed by atoms with Gasteiger partial charge in [-0.3, -0.25) is 14.2 Å². The van der Waals surface area contributed by atoms with Gasteiger partial charge in [-0.2, -0.15) is 10.4 Å². The number of rotatable bonds is 5. The van der Waals surface area contributed by atoms with Crippen LogP contribution in [0.4, 0.5) is 0 Å². The first-order valence-corrected chi connectivity index (χ1v) is 11.2. The number of pyridine rings is 1. The highest BCUT2D eigenvalue weighted by Gasteiger charge is 2.19. The highest BCUT2D eigenvalue weighted by atomic mass is 16.2. The zero-order valence-corrected chi connectivity index (χ0v) is 19.0. The van der Waals surface area contributed by atoms with Gasteiger partial charge in [0.25, 0.3) is 0 Å². The number of Topliss-reactive ketones (excluding diaryl/α,β-unsaturated/α-hetero) is 1. The Morgan fingerprint density at radius 1 is 1.18 bits per heavy atom. The smallest absolute Gasteiger partial charge is 0.222 e. The number of benzene rings is 1. The van der Waals surface area contributed by atoms with Crippen molar-refractivity contribution in [3.8, 4) is 17.7 Å². The molecule has 4 heterocycles. The summed E-state index contributed by atoms with van der Waals surface area (Å²) in [5.74, 6) is 1.00. The summed E-state index contributed by atoms with van der Waals surface area (Å²) in [6, 6.07) is 13.1. The number of nitrogens with zero attached hydrogens (tertiary/aromatic N) is 7. The maximum absolute atomic E-state index is 12.3. The van der Waals surface area contributed by atoms with Crippen LogP contribution < -0.4 is 0 Å². The maximum Gasteiger partial charge on any atom is 0.222 e. The average molecular weight is 454 g/mol. The Morgan fingerprint density at radius 2 is 2.03 bits per heavy atom. The Bertz CT molecular complexity index is 1470. The van der Waals surface area contributed by atoms with Crippen molar-refractivity contribution in [3.63, 3.8) is 0 Å². The van der Waals surface area contributed by atoms with Gasteiger partial charge in [0.05, 0.1) is 16.6 Å². The molecule has 0 saturated carbocycles. The van der Waals surface area contributed by atoms with Crippen LogP contribution in [0.2, 0.25) is 0 Å². The molecule has 1 aromatic carbocycles. The minimum atomic E-state index is -0.144. The molecule has 1 aliphatic heterocycles. The van der Waals surface area contributed by atoms with Gasteiger partial charge in [0.2, 0.25) is 5.91 Å². The van der Waals surface area contributed by atoms with E-state index in [1.807, 2.05) is 40.7 Å². The highest BCUT2D eigenvalue weighted by Crippen LogP contribution is 2.23. The first kappa shape index (κ1) is 21.5. The largest absolute Gasteiger partial charge is 0.338 e. The normalized spacial score (nSPS) is 13.9. The molecule has 0 radical (unpaired) electrons. The van der Waals surface area contributed by atoms with Crippen molar-refractivity contribution in [3.05, 3.63) is 65.2 Å². The molecule has 170 valence electrons. The van der Waals surface area contributed by atoms with Gasteiger partial charge in [-0.25, -0.2) is 14.6 Å². The molecule has 1 aliphatic rings. The third kappa shape index (κ3) is 3.83. The van der Waals surface area contributed by atoms with Gasteiger partial charge in [-0.15, -0.1) is 0 Å². The lowest BCUT2D eigenvalue weighted by Crippen LogP contribution is -2.34. The monoisotopic (exact) mass is 453 g/mol. The second-order valence-corrected chi connectivity index (χ2v) is 8.50. The van der Waals surface area contributed by atoms with E-state index in [0.717, 1.165) is 36.0 Å². The molecule has 4 aromatic rings. The third-order valence-electron chi connectivity index (χ3n) is 6.10. The number of amides is 1. The highest BCUT2D eigenvalue weighted by molar-refractivity contribution is 5.97. The summed E-state index contributed by atoms with van der Waals surface area (Å²) in [6.07, 6.45) is 4.31. The molecule has 9 heteroatoms. The van der Waals surface area contributed by atoms with Crippen LogP contribution >= 0.6 is 0 Å². The number of fused-ring (bicyclic) bond motifs is 1. The fraction of sp³-hybridized carbons (Fsp3) is 0.280. The van der Waals surface area contributed by atoms with E-state index in [0.29, 0.717) is 35.9 Å². The van der Waals surface area contributed by atoms with Gasteiger partial charge in [0.15, 0.2) is 17.3 Å². The van der Waals surface area contributed by atoms with E-state index >= 15 is 0 Å². The van der Waals surface area contributed by atoms with E-state index < -0.39 is 0 Å². The minimum absolute atomic E-state index is 0.144. The van der Waals surface area contributed by atoms with E-state index in [9.17, 15) is 14.9 Å². The van der Waals surface area contributed by atoms with Gasteiger partial charge in [0, 0.05) is 25.2 Å². The van der Waals surface area contributed by atoms with Gasteiger partial charge >= 0.3 is 0 Å². The molecule has 0 bridgehead atoms. The van der Waals surface area contributed by atoms with Crippen molar-refractivity contribution in [2.75, 3.05) is 6.54 Å². The number of carbonyl (C=O) groups is 2. The quantitative estimate of drug-likeness (QED) is 0.428. The van der Waals surface area contributed by atoms with Crippen molar-refractivity contribution in [2.24, 2.45) is 0 Å². The Morgan fingerprint density at radius 3 is 2.76 bits per heavy atom. The van der Waals surface area contributed by atoms with Crippen molar-refractivity contribution in [2.45, 2.75) is 39.7 Å². The first-order valence-electron chi connectivity index (χ1n) is 11.2. The third-order valence-corrected chi connectivity index (χ3v) is 6.10. The summed E-state index contributed by atoms with van der Waals surface area (Å²) >= 11 is 0. The topological polar surface area (TPSA) is 110 Å². The van der Waals surface area contributed by atoms with Crippen molar-refractivity contribution >= 4 is 22.7 Å². The Labute approximate surface area is 196 Å². The second kappa shape index (κ2) is 8.56. The second-order valence-electron chi connectivity index (χ2n) is 8.50. The van der Waals surface area contributed by atoms with E-state index in [4.69, 9.17) is 4.98 Å². The summed E-state index contributed by atoms with van der Waals surface area (Å²) in [7, 11) is 0. The van der Waals surface area contributed by atoms with Crippen LogP contribution in [0.1, 0.15) is 53.5 Å². The summed E-state index contributed by atoms with van der Waals surface area (Å²) in [5.41, 5.74) is 4.06. The van der Waals surface area contributed by atoms with Crippen LogP contribution in [0.3, 0.4) is 0 Å². The summed E-state index contributed by atoms with van der Waals surface area (Å²) in [4.78, 5) is 35.6. The van der Waals surface area contributed by atoms with E-state index in [1.54, 1.807) is 24.5 Å². The van der Waals surface area contributed by atoms with Crippen molar-refractivity contribution < 1.29 is 9.59 Å². The molecule has 0 atom stereocenters.